The van der Waals surface area contributed by atoms with Crippen LogP contribution in [0.3, 0.4) is 0 Å². The maximum Gasteiger partial charge on any atom is 0.279 e. The molecule has 8 heteroatoms. The van der Waals surface area contributed by atoms with Crippen LogP contribution in [-0.4, -0.2) is 46.3 Å². The maximum absolute atomic E-state index is 12.3. The Hall–Kier alpha value is -1.93. The lowest BCUT2D eigenvalue weighted by molar-refractivity contribution is -0.885. The number of halogens is 1. The van der Waals surface area contributed by atoms with Gasteiger partial charge in [0.1, 0.15) is 6.54 Å². The van der Waals surface area contributed by atoms with E-state index in [1.54, 1.807) is 12.1 Å². The van der Waals surface area contributed by atoms with Gasteiger partial charge in [-0.15, -0.1) is 0 Å². The van der Waals surface area contributed by atoms with Crippen molar-refractivity contribution >= 4 is 33.2 Å². The highest BCUT2D eigenvalue weighted by Gasteiger charge is 2.18. The Kier molecular flexibility index (Phi) is 6.77. The smallest absolute Gasteiger partial charge is 0.279 e. The van der Waals surface area contributed by atoms with E-state index in [1.807, 2.05) is 31.3 Å². The van der Waals surface area contributed by atoms with E-state index in [2.05, 4.69) is 5.32 Å². The average molecular weight is 397 g/mol. The zero-order chi connectivity index (χ0) is 19.3. The van der Waals surface area contributed by atoms with Gasteiger partial charge in [0.05, 0.1) is 11.9 Å². The molecule has 0 radical (unpaired) electrons. The van der Waals surface area contributed by atoms with Crippen molar-refractivity contribution in [3.05, 3.63) is 59.1 Å². The lowest BCUT2D eigenvalue weighted by Gasteiger charge is -2.15. The van der Waals surface area contributed by atoms with Crippen molar-refractivity contribution in [2.45, 2.75) is 11.4 Å². The van der Waals surface area contributed by atoms with Gasteiger partial charge in [0, 0.05) is 30.4 Å². The molecule has 0 aromatic heterocycles. The van der Waals surface area contributed by atoms with Crippen molar-refractivity contribution in [1.29, 1.82) is 0 Å². The Morgan fingerprint density at radius 3 is 2.50 bits per heavy atom. The number of benzene rings is 2. The van der Waals surface area contributed by atoms with E-state index in [0.717, 1.165) is 14.8 Å². The standard InChI is InChI=1S/C18H22ClN3O3S/c1-21(2)26(24,25)16-9-6-8-15(11-16)20-18(23)13-22(3)12-14-7-4-5-10-17(14)19/h4-11H,12-13H2,1-3H3,(H,20,23)/p+1. The van der Waals surface area contributed by atoms with E-state index < -0.39 is 10.0 Å². The zero-order valence-corrected chi connectivity index (χ0v) is 16.6. The van der Waals surface area contributed by atoms with Crippen molar-refractivity contribution in [2.75, 3.05) is 33.0 Å². The number of amides is 1. The SMILES string of the molecule is CN(C)S(=O)(=O)c1cccc(NC(=O)C[NH+](C)Cc2ccccc2Cl)c1. The lowest BCUT2D eigenvalue weighted by Crippen LogP contribution is -3.08. The van der Waals surface area contributed by atoms with Crippen LogP contribution in [0.4, 0.5) is 5.69 Å². The summed E-state index contributed by atoms with van der Waals surface area (Å²) in [6.45, 7) is 0.845. The summed E-state index contributed by atoms with van der Waals surface area (Å²) in [6, 6.07) is 13.7. The molecule has 2 aromatic rings. The van der Waals surface area contributed by atoms with Crippen molar-refractivity contribution in [3.8, 4) is 0 Å². The number of nitrogens with one attached hydrogen (secondary N) is 2. The topological polar surface area (TPSA) is 70.9 Å². The van der Waals surface area contributed by atoms with E-state index >= 15 is 0 Å². The van der Waals surface area contributed by atoms with Crippen LogP contribution in [0.2, 0.25) is 5.02 Å². The third kappa shape index (κ3) is 5.28. The summed E-state index contributed by atoms with van der Waals surface area (Å²) in [5.41, 5.74) is 1.42. The number of rotatable bonds is 7. The summed E-state index contributed by atoms with van der Waals surface area (Å²) in [5.74, 6) is -0.200. The normalized spacial score (nSPS) is 12.8. The van der Waals surface area contributed by atoms with Crippen molar-refractivity contribution in [2.24, 2.45) is 0 Å². The summed E-state index contributed by atoms with van der Waals surface area (Å²) < 4.78 is 25.5. The molecule has 26 heavy (non-hydrogen) atoms. The molecule has 0 spiro atoms. The van der Waals surface area contributed by atoms with Crippen molar-refractivity contribution in [3.63, 3.8) is 0 Å². The van der Waals surface area contributed by atoms with Gasteiger partial charge in [-0.1, -0.05) is 35.9 Å². The summed E-state index contributed by atoms with van der Waals surface area (Å²) in [5, 5.41) is 3.42. The van der Waals surface area contributed by atoms with E-state index in [4.69, 9.17) is 11.6 Å². The van der Waals surface area contributed by atoms with Gasteiger partial charge in [-0.25, -0.2) is 12.7 Å². The monoisotopic (exact) mass is 396 g/mol. The number of anilines is 1. The first-order valence-electron chi connectivity index (χ1n) is 8.07. The van der Waals surface area contributed by atoms with Gasteiger partial charge in [0.15, 0.2) is 6.54 Å². The molecule has 1 amide bonds. The highest BCUT2D eigenvalue weighted by Crippen LogP contribution is 2.18. The Labute approximate surface area is 159 Å². The molecular weight excluding hydrogens is 374 g/mol. The molecule has 0 saturated heterocycles. The maximum atomic E-state index is 12.3. The first kappa shape index (κ1) is 20.4. The number of sulfonamides is 1. The van der Waals surface area contributed by atoms with Crippen LogP contribution >= 0.6 is 11.6 Å². The minimum Gasteiger partial charge on any atom is -0.326 e. The van der Waals surface area contributed by atoms with Crippen LogP contribution < -0.4 is 10.2 Å². The molecule has 0 aliphatic rings. The van der Waals surface area contributed by atoms with E-state index in [1.165, 1.54) is 26.2 Å². The summed E-state index contributed by atoms with van der Waals surface area (Å²) in [6.07, 6.45) is 0. The molecule has 2 aromatic carbocycles. The van der Waals surface area contributed by atoms with Crippen LogP contribution in [0.25, 0.3) is 0 Å². The third-order valence-electron chi connectivity index (χ3n) is 3.81. The van der Waals surface area contributed by atoms with Crippen LogP contribution in [0.5, 0.6) is 0 Å². The zero-order valence-electron chi connectivity index (χ0n) is 15.0. The second-order valence-electron chi connectivity index (χ2n) is 6.27. The average Bonchev–Trinajstić information content (AvgIpc) is 2.56. The lowest BCUT2D eigenvalue weighted by atomic mass is 10.2. The molecule has 0 heterocycles. The molecule has 0 aliphatic heterocycles. The van der Waals surface area contributed by atoms with Gasteiger partial charge >= 0.3 is 0 Å². The second-order valence-corrected chi connectivity index (χ2v) is 8.82. The highest BCUT2D eigenvalue weighted by molar-refractivity contribution is 7.89. The predicted octanol–water partition coefficient (Wildman–Crippen LogP) is 1.24. The largest absolute Gasteiger partial charge is 0.326 e. The fraction of sp³-hybridized carbons (Fsp3) is 0.278. The molecule has 0 bridgehead atoms. The summed E-state index contributed by atoms with van der Waals surface area (Å²) >= 11 is 6.15. The van der Waals surface area contributed by atoms with E-state index in [-0.39, 0.29) is 17.3 Å². The third-order valence-corrected chi connectivity index (χ3v) is 5.99. The molecule has 2 N–H and O–H groups in total. The molecule has 6 nitrogen and oxygen atoms in total. The van der Waals surface area contributed by atoms with Crippen LogP contribution in [-0.2, 0) is 21.4 Å². The molecule has 0 fully saturated rings. The summed E-state index contributed by atoms with van der Waals surface area (Å²) in [7, 11) is 1.29. The van der Waals surface area contributed by atoms with Crippen LogP contribution in [0, 0.1) is 0 Å². The van der Waals surface area contributed by atoms with Crippen molar-refractivity contribution < 1.29 is 18.1 Å². The van der Waals surface area contributed by atoms with Gasteiger partial charge in [0.2, 0.25) is 10.0 Å². The molecule has 0 aliphatic carbocycles. The Bertz CT molecular complexity index is 885. The molecule has 2 rings (SSSR count). The number of hydrogen-bond acceptors (Lipinski definition) is 3. The molecule has 0 saturated carbocycles. The molecule has 1 unspecified atom stereocenters. The van der Waals surface area contributed by atoms with E-state index in [9.17, 15) is 13.2 Å². The van der Waals surface area contributed by atoms with Crippen LogP contribution in [0.15, 0.2) is 53.4 Å². The number of carbonyl (C=O) groups excluding carboxylic acids is 1. The summed E-state index contributed by atoms with van der Waals surface area (Å²) in [4.78, 5) is 13.4. The Morgan fingerprint density at radius 2 is 1.85 bits per heavy atom. The number of hydrogen-bond donors (Lipinski definition) is 2. The fourth-order valence-electron chi connectivity index (χ4n) is 2.45. The first-order valence-corrected chi connectivity index (χ1v) is 9.89. The fourth-order valence-corrected chi connectivity index (χ4v) is 3.60. The molecular formula is C18H23ClN3O3S+. The van der Waals surface area contributed by atoms with E-state index in [0.29, 0.717) is 17.3 Å². The van der Waals surface area contributed by atoms with Gasteiger partial charge in [-0.05, 0) is 24.3 Å². The van der Waals surface area contributed by atoms with Crippen LogP contribution in [0.1, 0.15) is 5.56 Å². The quantitative estimate of drug-likeness (QED) is 0.739. The molecule has 1 atom stereocenters. The van der Waals surface area contributed by atoms with Gasteiger partial charge in [-0.3, -0.25) is 4.79 Å². The second kappa shape index (κ2) is 8.64. The Balaban J connectivity index is 2.01. The van der Waals surface area contributed by atoms with Gasteiger partial charge < -0.3 is 10.2 Å². The van der Waals surface area contributed by atoms with Gasteiger partial charge in [-0.2, -0.15) is 0 Å². The predicted molar refractivity (Wildman–Crippen MR) is 103 cm³/mol. The number of carbonyl (C=O) groups is 1. The van der Waals surface area contributed by atoms with Crippen molar-refractivity contribution in [1.82, 2.24) is 4.31 Å². The minimum absolute atomic E-state index is 0.136. The molecule has 140 valence electrons. The Morgan fingerprint density at radius 1 is 1.15 bits per heavy atom. The minimum atomic E-state index is -3.54. The highest BCUT2D eigenvalue weighted by atomic mass is 35.5. The first-order chi connectivity index (χ1) is 12.2. The number of nitrogens with zero attached hydrogens (tertiary/aromatic N) is 1. The van der Waals surface area contributed by atoms with Gasteiger partial charge in [0.25, 0.3) is 5.91 Å². The number of likely N-dealkylation sites (N-methyl/N-ethyl adjacent to an activating group) is 1. The number of quaternary nitrogens is 1.